The van der Waals surface area contributed by atoms with Crippen LogP contribution in [0.3, 0.4) is 0 Å². The molecular formula is C10H17NO2. The van der Waals surface area contributed by atoms with Crippen LogP contribution in [0.15, 0.2) is 12.7 Å². The summed E-state index contributed by atoms with van der Waals surface area (Å²) in [5.41, 5.74) is -0.124. The highest BCUT2D eigenvalue weighted by Crippen LogP contribution is 2.24. The third-order valence-corrected chi connectivity index (χ3v) is 2.43. The molecule has 74 valence electrons. The SMILES string of the molecule is C=CC(C)(C)CN1C(=O)CCC1O. The number of amides is 1. The van der Waals surface area contributed by atoms with Gasteiger partial charge < -0.3 is 10.0 Å². The lowest BCUT2D eigenvalue weighted by atomic mass is 9.93. The van der Waals surface area contributed by atoms with Gasteiger partial charge in [0.25, 0.3) is 0 Å². The number of hydrogen-bond acceptors (Lipinski definition) is 2. The minimum Gasteiger partial charge on any atom is -0.374 e. The summed E-state index contributed by atoms with van der Waals surface area (Å²) in [5.74, 6) is 0.0439. The summed E-state index contributed by atoms with van der Waals surface area (Å²) >= 11 is 0. The van der Waals surface area contributed by atoms with Gasteiger partial charge in [-0.3, -0.25) is 4.79 Å². The van der Waals surface area contributed by atoms with Crippen LogP contribution in [-0.4, -0.2) is 28.7 Å². The molecule has 3 heteroatoms. The molecule has 1 heterocycles. The molecule has 1 aliphatic heterocycles. The van der Waals surface area contributed by atoms with E-state index in [1.54, 1.807) is 0 Å². The van der Waals surface area contributed by atoms with Gasteiger partial charge in [0.05, 0.1) is 0 Å². The predicted molar refractivity (Wildman–Crippen MR) is 50.9 cm³/mol. The van der Waals surface area contributed by atoms with Gasteiger partial charge in [-0.1, -0.05) is 19.9 Å². The van der Waals surface area contributed by atoms with Crippen LogP contribution in [0.4, 0.5) is 0 Å². The van der Waals surface area contributed by atoms with Crippen LogP contribution in [0.25, 0.3) is 0 Å². The maximum Gasteiger partial charge on any atom is 0.224 e. The first-order valence-corrected chi connectivity index (χ1v) is 4.57. The number of rotatable bonds is 3. The topological polar surface area (TPSA) is 40.5 Å². The number of hydrogen-bond donors (Lipinski definition) is 1. The van der Waals surface area contributed by atoms with E-state index < -0.39 is 6.23 Å². The van der Waals surface area contributed by atoms with Crippen LogP contribution in [0.2, 0.25) is 0 Å². The Bertz CT molecular complexity index is 223. The molecule has 0 saturated carbocycles. The highest BCUT2D eigenvalue weighted by Gasteiger charge is 2.32. The lowest BCUT2D eigenvalue weighted by molar-refractivity contribution is -0.134. The van der Waals surface area contributed by atoms with Gasteiger partial charge >= 0.3 is 0 Å². The molecule has 0 aromatic rings. The predicted octanol–water partition coefficient (Wildman–Crippen LogP) is 1.14. The maximum absolute atomic E-state index is 11.3. The minimum absolute atomic E-state index is 0.0439. The van der Waals surface area contributed by atoms with E-state index in [0.717, 1.165) is 0 Å². The molecule has 3 nitrogen and oxygen atoms in total. The van der Waals surface area contributed by atoms with E-state index in [0.29, 0.717) is 19.4 Å². The molecular weight excluding hydrogens is 166 g/mol. The van der Waals surface area contributed by atoms with Crippen molar-refractivity contribution in [3.63, 3.8) is 0 Å². The quantitative estimate of drug-likeness (QED) is 0.666. The Balaban J connectivity index is 2.62. The Morgan fingerprint density at radius 1 is 1.77 bits per heavy atom. The normalized spacial score (nSPS) is 23.8. The smallest absolute Gasteiger partial charge is 0.224 e. The molecule has 0 spiro atoms. The molecule has 0 aromatic carbocycles. The second-order valence-corrected chi connectivity index (χ2v) is 4.23. The van der Waals surface area contributed by atoms with Crippen molar-refractivity contribution in [2.75, 3.05) is 6.54 Å². The second kappa shape index (κ2) is 3.50. The minimum atomic E-state index is -0.591. The van der Waals surface area contributed by atoms with E-state index in [-0.39, 0.29) is 11.3 Å². The summed E-state index contributed by atoms with van der Waals surface area (Å²) in [5, 5.41) is 9.49. The number of aliphatic hydroxyl groups is 1. The van der Waals surface area contributed by atoms with Gasteiger partial charge in [0, 0.05) is 24.8 Å². The molecule has 1 amide bonds. The van der Waals surface area contributed by atoms with Crippen molar-refractivity contribution in [1.82, 2.24) is 4.90 Å². The van der Waals surface area contributed by atoms with Crippen LogP contribution in [0, 0.1) is 5.41 Å². The number of nitrogens with zero attached hydrogens (tertiary/aromatic N) is 1. The Morgan fingerprint density at radius 2 is 2.38 bits per heavy atom. The highest BCUT2D eigenvalue weighted by atomic mass is 16.3. The van der Waals surface area contributed by atoms with E-state index in [4.69, 9.17) is 0 Å². The molecule has 0 aromatic heterocycles. The zero-order chi connectivity index (χ0) is 10.1. The molecule has 1 fully saturated rings. The van der Waals surface area contributed by atoms with Crippen molar-refractivity contribution in [3.05, 3.63) is 12.7 Å². The lowest BCUT2D eigenvalue weighted by Crippen LogP contribution is -2.39. The first-order valence-electron chi connectivity index (χ1n) is 4.57. The van der Waals surface area contributed by atoms with Crippen molar-refractivity contribution in [1.29, 1.82) is 0 Å². The standard InChI is InChI=1S/C10H17NO2/c1-4-10(2,3)7-11-8(12)5-6-9(11)13/h4,8,12H,1,5-7H2,2-3H3. The zero-order valence-electron chi connectivity index (χ0n) is 8.29. The summed E-state index contributed by atoms with van der Waals surface area (Å²) in [6.07, 6.45) is 2.25. The summed E-state index contributed by atoms with van der Waals surface area (Å²) in [6.45, 7) is 8.25. The van der Waals surface area contributed by atoms with Crippen molar-refractivity contribution in [3.8, 4) is 0 Å². The van der Waals surface area contributed by atoms with Crippen molar-refractivity contribution >= 4 is 5.91 Å². The van der Waals surface area contributed by atoms with Gasteiger partial charge in [0.1, 0.15) is 6.23 Å². The van der Waals surface area contributed by atoms with E-state index in [2.05, 4.69) is 6.58 Å². The second-order valence-electron chi connectivity index (χ2n) is 4.23. The average Bonchev–Trinajstić information content (AvgIpc) is 2.36. The number of aliphatic hydroxyl groups excluding tert-OH is 1. The number of likely N-dealkylation sites (tertiary alicyclic amines) is 1. The Hall–Kier alpha value is -0.830. The molecule has 1 aliphatic rings. The molecule has 1 atom stereocenters. The summed E-state index contributed by atoms with van der Waals surface area (Å²) in [4.78, 5) is 12.8. The lowest BCUT2D eigenvalue weighted by Gasteiger charge is -2.29. The van der Waals surface area contributed by atoms with E-state index in [9.17, 15) is 9.90 Å². The molecule has 0 aliphatic carbocycles. The molecule has 1 N–H and O–H groups in total. The molecule has 1 unspecified atom stereocenters. The first-order chi connectivity index (χ1) is 5.96. The zero-order valence-corrected chi connectivity index (χ0v) is 8.29. The van der Waals surface area contributed by atoms with E-state index in [1.165, 1.54) is 4.90 Å². The van der Waals surface area contributed by atoms with Crippen molar-refractivity contribution in [2.24, 2.45) is 5.41 Å². The maximum atomic E-state index is 11.3. The summed E-state index contributed by atoms with van der Waals surface area (Å²) in [6, 6.07) is 0. The first kappa shape index (κ1) is 10.3. The van der Waals surface area contributed by atoms with Crippen molar-refractivity contribution < 1.29 is 9.90 Å². The van der Waals surface area contributed by atoms with Crippen LogP contribution in [-0.2, 0) is 4.79 Å². The van der Waals surface area contributed by atoms with Gasteiger partial charge in [0.15, 0.2) is 0 Å². The monoisotopic (exact) mass is 183 g/mol. The van der Waals surface area contributed by atoms with E-state index >= 15 is 0 Å². The van der Waals surface area contributed by atoms with Gasteiger partial charge in [-0.15, -0.1) is 6.58 Å². The fourth-order valence-corrected chi connectivity index (χ4v) is 1.42. The fourth-order valence-electron chi connectivity index (χ4n) is 1.42. The van der Waals surface area contributed by atoms with Gasteiger partial charge in [-0.05, 0) is 0 Å². The molecule has 13 heavy (non-hydrogen) atoms. The van der Waals surface area contributed by atoms with Crippen LogP contribution in [0.1, 0.15) is 26.7 Å². The van der Waals surface area contributed by atoms with Gasteiger partial charge in [0.2, 0.25) is 5.91 Å². The number of carbonyl (C=O) groups is 1. The highest BCUT2D eigenvalue weighted by molar-refractivity contribution is 5.78. The number of carbonyl (C=O) groups excluding carboxylic acids is 1. The van der Waals surface area contributed by atoms with E-state index in [1.807, 2.05) is 19.9 Å². The Morgan fingerprint density at radius 3 is 2.77 bits per heavy atom. The molecule has 1 saturated heterocycles. The molecule has 1 rings (SSSR count). The van der Waals surface area contributed by atoms with Crippen LogP contribution >= 0.6 is 0 Å². The van der Waals surface area contributed by atoms with Crippen LogP contribution < -0.4 is 0 Å². The fraction of sp³-hybridized carbons (Fsp3) is 0.700. The van der Waals surface area contributed by atoms with Crippen molar-refractivity contribution in [2.45, 2.75) is 32.9 Å². The molecule has 0 radical (unpaired) electrons. The average molecular weight is 183 g/mol. The summed E-state index contributed by atoms with van der Waals surface area (Å²) in [7, 11) is 0. The van der Waals surface area contributed by atoms with Gasteiger partial charge in [-0.2, -0.15) is 0 Å². The Labute approximate surface area is 79.0 Å². The third-order valence-electron chi connectivity index (χ3n) is 2.43. The Kier molecular flexibility index (Phi) is 2.76. The van der Waals surface area contributed by atoms with Gasteiger partial charge in [-0.25, -0.2) is 0 Å². The third kappa shape index (κ3) is 2.31. The molecule has 0 bridgehead atoms. The van der Waals surface area contributed by atoms with Crippen LogP contribution in [0.5, 0.6) is 0 Å². The largest absolute Gasteiger partial charge is 0.374 e. The summed E-state index contributed by atoms with van der Waals surface area (Å²) < 4.78 is 0.